The zero-order chi connectivity index (χ0) is 16.4. The number of likely N-dealkylation sites (tertiary alicyclic amines) is 1. The Morgan fingerprint density at radius 2 is 2.30 bits per heavy atom. The van der Waals surface area contributed by atoms with Crippen molar-refractivity contribution in [2.45, 2.75) is 52.0 Å². The molecule has 4 nitrogen and oxygen atoms in total. The van der Waals surface area contributed by atoms with Crippen molar-refractivity contribution in [3.8, 4) is 0 Å². The third-order valence-corrected chi connectivity index (χ3v) is 5.66. The fourth-order valence-electron chi connectivity index (χ4n) is 3.31. The number of carbonyl (C=O) groups is 1. The maximum Gasteiger partial charge on any atom is 0.254 e. The topological polar surface area (TPSA) is 38.1 Å². The van der Waals surface area contributed by atoms with Crippen LogP contribution in [0.1, 0.15) is 66.6 Å². The highest BCUT2D eigenvalue weighted by Gasteiger charge is 2.28. The molecule has 2 aromatic heterocycles. The van der Waals surface area contributed by atoms with Gasteiger partial charge in [0, 0.05) is 47.7 Å². The number of imidazole rings is 1. The predicted molar refractivity (Wildman–Crippen MR) is 94.2 cm³/mol. The van der Waals surface area contributed by atoms with Gasteiger partial charge in [-0.05, 0) is 39.2 Å². The number of rotatable bonds is 4. The van der Waals surface area contributed by atoms with Crippen molar-refractivity contribution in [1.82, 2.24) is 14.5 Å². The second-order valence-corrected chi connectivity index (χ2v) is 7.53. The van der Waals surface area contributed by atoms with Gasteiger partial charge >= 0.3 is 0 Å². The molecule has 1 amide bonds. The zero-order valence-corrected chi connectivity index (χ0v) is 15.0. The molecule has 0 spiro atoms. The van der Waals surface area contributed by atoms with Gasteiger partial charge in [0.2, 0.25) is 0 Å². The number of aromatic nitrogens is 2. The highest BCUT2D eigenvalue weighted by molar-refractivity contribution is 7.10. The van der Waals surface area contributed by atoms with E-state index in [1.54, 1.807) is 11.3 Å². The summed E-state index contributed by atoms with van der Waals surface area (Å²) in [7, 11) is 0. The van der Waals surface area contributed by atoms with E-state index in [4.69, 9.17) is 0 Å². The molecule has 3 heterocycles. The van der Waals surface area contributed by atoms with E-state index in [2.05, 4.69) is 30.3 Å². The smallest absolute Gasteiger partial charge is 0.254 e. The normalized spacial score (nSPS) is 18.6. The molecule has 1 aliphatic heterocycles. The highest BCUT2D eigenvalue weighted by atomic mass is 32.1. The summed E-state index contributed by atoms with van der Waals surface area (Å²) in [5.74, 6) is 1.64. The Morgan fingerprint density at radius 3 is 3.00 bits per heavy atom. The van der Waals surface area contributed by atoms with Gasteiger partial charge in [0.1, 0.15) is 5.82 Å². The molecule has 2 aromatic rings. The maximum atomic E-state index is 12.8. The molecule has 0 aliphatic carbocycles. The maximum absolute atomic E-state index is 12.8. The lowest BCUT2D eigenvalue weighted by Crippen LogP contribution is -2.39. The molecule has 5 heteroatoms. The number of thiophene rings is 1. The van der Waals surface area contributed by atoms with Crippen LogP contribution in [0.2, 0.25) is 0 Å². The summed E-state index contributed by atoms with van der Waals surface area (Å²) in [4.78, 5) is 20.6. The average molecular weight is 331 g/mol. The molecule has 3 rings (SSSR count). The number of hydrogen-bond donors (Lipinski definition) is 0. The fourth-order valence-corrected chi connectivity index (χ4v) is 4.12. The van der Waals surface area contributed by atoms with Gasteiger partial charge in [-0.1, -0.05) is 6.92 Å². The summed E-state index contributed by atoms with van der Waals surface area (Å²) >= 11 is 1.68. The van der Waals surface area contributed by atoms with Crippen LogP contribution in [0.4, 0.5) is 0 Å². The Kier molecular flexibility index (Phi) is 4.85. The van der Waals surface area contributed by atoms with Crippen LogP contribution in [0, 0.1) is 0 Å². The van der Waals surface area contributed by atoms with Gasteiger partial charge in [-0.3, -0.25) is 4.79 Å². The van der Waals surface area contributed by atoms with Gasteiger partial charge in [-0.2, -0.15) is 0 Å². The van der Waals surface area contributed by atoms with Crippen LogP contribution in [0.5, 0.6) is 0 Å². The summed E-state index contributed by atoms with van der Waals surface area (Å²) in [5.41, 5.74) is 0.847. The molecule has 0 bridgehead atoms. The minimum atomic E-state index is 0.174. The largest absolute Gasteiger partial charge is 0.338 e. The van der Waals surface area contributed by atoms with Crippen LogP contribution >= 0.6 is 11.3 Å². The molecular weight excluding hydrogens is 306 g/mol. The number of carbonyl (C=O) groups excluding carboxylic acids is 1. The minimum absolute atomic E-state index is 0.174. The first-order valence-corrected chi connectivity index (χ1v) is 9.37. The molecule has 1 aliphatic rings. The monoisotopic (exact) mass is 331 g/mol. The Balaban J connectivity index is 1.75. The number of hydrogen-bond acceptors (Lipinski definition) is 3. The van der Waals surface area contributed by atoms with Crippen LogP contribution in [-0.4, -0.2) is 33.4 Å². The van der Waals surface area contributed by atoms with Crippen molar-refractivity contribution in [1.29, 1.82) is 0 Å². The zero-order valence-electron chi connectivity index (χ0n) is 14.2. The Labute approximate surface area is 142 Å². The van der Waals surface area contributed by atoms with E-state index in [0.717, 1.165) is 43.7 Å². The second-order valence-electron chi connectivity index (χ2n) is 6.53. The molecule has 0 unspecified atom stereocenters. The van der Waals surface area contributed by atoms with Crippen molar-refractivity contribution < 1.29 is 4.79 Å². The third-order valence-electron chi connectivity index (χ3n) is 4.58. The van der Waals surface area contributed by atoms with Gasteiger partial charge in [-0.15, -0.1) is 11.3 Å². The Hall–Kier alpha value is -1.62. The SMILES string of the molecule is CCc1cc(C(=O)N2CCC[C@@H](c3nccn3C(C)C)C2)cs1. The van der Waals surface area contributed by atoms with Crippen LogP contribution in [0.15, 0.2) is 23.8 Å². The second kappa shape index (κ2) is 6.87. The third kappa shape index (κ3) is 3.34. The molecule has 1 atom stereocenters. The van der Waals surface area contributed by atoms with Gasteiger partial charge in [0.15, 0.2) is 0 Å². The standard InChI is InChI=1S/C18H25N3OS/c1-4-16-10-15(12-23-16)18(22)20-8-5-6-14(11-20)17-19-7-9-21(17)13(2)3/h7,9-10,12-14H,4-6,8,11H2,1-3H3/t14-/m1/s1. The highest BCUT2D eigenvalue weighted by Crippen LogP contribution is 2.29. The Bertz CT molecular complexity index is 673. The lowest BCUT2D eigenvalue weighted by atomic mass is 9.96. The van der Waals surface area contributed by atoms with E-state index in [1.807, 2.05) is 28.7 Å². The predicted octanol–water partition coefficient (Wildman–Crippen LogP) is 4.11. The summed E-state index contributed by atoms with van der Waals surface area (Å²) in [6.45, 7) is 8.11. The number of aryl methyl sites for hydroxylation is 1. The van der Waals surface area contributed by atoms with Crippen molar-refractivity contribution in [2.24, 2.45) is 0 Å². The molecule has 124 valence electrons. The molecule has 0 radical (unpaired) electrons. The first kappa shape index (κ1) is 16.2. The van der Waals surface area contributed by atoms with Crippen molar-refractivity contribution in [3.05, 3.63) is 40.1 Å². The summed E-state index contributed by atoms with van der Waals surface area (Å²) in [6, 6.07) is 2.45. The van der Waals surface area contributed by atoms with E-state index < -0.39 is 0 Å². The van der Waals surface area contributed by atoms with Gasteiger partial charge in [0.05, 0.1) is 5.56 Å². The van der Waals surface area contributed by atoms with E-state index in [0.29, 0.717) is 12.0 Å². The first-order valence-electron chi connectivity index (χ1n) is 8.49. The van der Waals surface area contributed by atoms with Crippen LogP contribution < -0.4 is 0 Å². The number of nitrogens with zero attached hydrogens (tertiary/aromatic N) is 3. The van der Waals surface area contributed by atoms with Crippen LogP contribution in [-0.2, 0) is 6.42 Å². The van der Waals surface area contributed by atoms with Crippen molar-refractivity contribution in [2.75, 3.05) is 13.1 Å². The first-order chi connectivity index (χ1) is 11.1. The van der Waals surface area contributed by atoms with Crippen molar-refractivity contribution >= 4 is 17.2 Å². The summed E-state index contributed by atoms with van der Waals surface area (Å²) < 4.78 is 2.23. The average Bonchev–Trinajstić information content (AvgIpc) is 3.23. The van der Waals surface area contributed by atoms with E-state index in [-0.39, 0.29) is 5.91 Å². The van der Waals surface area contributed by atoms with Crippen molar-refractivity contribution in [3.63, 3.8) is 0 Å². The molecule has 0 N–H and O–H groups in total. The van der Waals surface area contributed by atoms with Gasteiger partial charge in [-0.25, -0.2) is 4.98 Å². The van der Waals surface area contributed by atoms with E-state index in [1.165, 1.54) is 4.88 Å². The molecule has 1 fully saturated rings. The van der Waals surface area contributed by atoms with E-state index >= 15 is 0 Å². The van der Waals surface area contributed by atoms with Gasteiger partial charge < -0.3 is 9.47 Å². The molecule has 0 saturated carbocycles. The molecule has 23 heavy (non-hydrogen) atoms. The van der Waals surface area contributed by atoms with E-state index in [9.17, 15) is 4.79 Å². The lowest BCUT2D eigenvalue weighted by molar-refractivity contribution is 0.0703. The molecule has 1 saturated heterocycles. The fraction of sp³-hybridized carbons (Fsp3) is 0.556. The number of amides is 1. The lowest BCUT2D eigenvalue weighted by Gasteiger charge is -2.33. The number of piperidine rings is 1. The van der Waals surface area contributed by atoms with Crippen LogP contribution in [0.3, 0.4) is 0 Å². The van der Waals surface area contributed by atoms with Gasteiger partial charge in [0.25, 0.3) is 5.91 Å². The quantitative estimate of drug-likeness (QED) is 0.845. The molecular formula is C18H25N3OS. The summed E-state index contributed by atoms with van der Waals surface area (Å²) in [5, 5.41) is 2.00. The van der Waals surface area contributed by atoms with Crippen LogP contribution in [0.25, 0.3) is 0 Å². The molecule has 0 aromatic carbocycles. The summed E-state index contributed by atoms with van der Waals surface area (Å²) in [6.07, 6.45) is 7.07. The Morgan fingerprint density at radius 1 is 1.48 bits per heavy atom. The minimum Gasteiger partial charge on any atom is -0.338 e.